The van der Waals surface area contributed by atoms with E-state index in [2.05, 4.69) is 40.0 Å². The lowest BCUT2D eigenvalue weighted by Gasteiger charge is -2.17. The number of furan rings is 1. The lowest BCUT2D eigenvalue weighted by Crippen LogP contribution is -2.34. The highest BCUT2D eigenvalue weighted by Gasteiger charge is 2.12. The van der Waals surface area contributed by atoms with E-state index in [0.29, 0.717) is 17.9 Å². The van der Waals surface area contributed by atoms with Crippen molar-refractivity contribution in [3.05, 3.63) is 34.5 Å². The first-order valence-electron chi connectivity index (χ1n) is 6.83. The van der Waals surface area contributed by atoms with Crippen LogP contribution in [0.2, 0.25) is 0 Å². The van der Waals surface area contributed by atoms with Gasteiger partial charge in [-0.25, -0.2) is 0 Å². The molecule has 0 bridgehead atoms. The number of benzene rings is 1. The fraction of sp³-hybridized carbons (Fsp3) is 0.400. The summed E-state index contributed by atoms with van der Waals surface area (Å²) >= 11 is 3.39. The molecule has 20 heavy (non-hydrogen) atoms. The highest BCUT2D eigenvalue weighted by molar-refractivity contribution is 9.10. The quantitative estimate of drug-likeness (QED) is 0.879. The second-order valence-corrected chi connectivity index (χ2v) is 5.49. The van der Waals surface area contributed by atoms with E-state index in [-0.39, 0.29) is 5.91 Å². The van der Waals surface area contributed by atoms with E-state index in [9.17, 15) is 4.79 Å². The molecule has 0 saturated heterocycles. The molecule has 1 heterocycles. The van der Waals surface area contributed by atoms with Crippen molar-refractivity contribution in [1.29, 1.82) is 0 Å². The summed E-state index contributed by atoms with van der Waals surface area (Å²) in [6.45, 7) is 7.69. The Hall–Kier alpha value is -1.33. The van der Waals surface area contributed by atoms with Crippen LogP contribution in [0.1, 0.15) is 24.4 Å². The number of nitrogens with one attached hydrogen (secondary N) is 1. The van der Waals surface area contributed by atoms with Crippen LogP contribution in [0.5, 0.6) is 0 Å². The van der Waals surface area contributed by atoms with Crippen LogP contribution in [-0.2, 0) is 0 Å². The summed E-state index contributed by atoms with van der Waals surface area (Å²) in [5.74, 6) is 0.196. The average molecular weight is 339 g/mol. The molecule has 0 radical (unpaired) electrons. The van der Waals surface area contributed by atoms with Gasteiger partial charge >= 0.3 is 0 Å². The Bertz CT molecular complexity index is 591. The molecule has 0 spiro atoms. The van der Waals surface area contributed by atoms with Gasteiger partial charge in [0.15, 0.2) is 5.76 Å². The fourth-order valence-electron chi connectivity index (χ4n) is 2.07. The molecule has 0 aliphatic rings. The normalized spacial score (nSPS) is 11.2. The average Bonchev–Trinajstić information content (AvgIpc) is 2.86. The monoisotopic (exact) mass is 338 g/mol. The summed E-state index contributed by atoms with van der Waals surface area (Å²) in [4.78, 5) is 14.3. The Morgan fingerprint density at radius 3 is 2.75 bits per heavy atom. The first-order chi connectivity index (χ1) is 9.63. The predicted molar refractivity (Wildman–Crippen MR) is 84.0 cm³/mol. The van der Waals surface area contributed by atoms with Crippen LogP contribution >= 0.6 is 15.9 Å². The summed E-state index contributed by atoms with van der Waals surface area (Å²) in [6, 6.07) is 7.49. The minimum atomic E-state index is -0.163. The summed E-state index contributed by atoms with van der Waals surface area (Å²) in [5, 5.41) is 3.82. The van der Waals surface area contributed by atoms with Gasteiger partial charge in [-0.2, -0.15) is 0 Å². The molecule has 0 atom stereocenters. The number of carbonyl (C=O) groups excluding carboxylic acids is 1. The lowest BCUT2D eigenvalue weighted by atomic mass is 10.2. The molecule has 1 aromatic carbocycles. The fourth-order valence-corrected chi connectivity index (χ4v) is 2.41. The first-order valence-corrected chi connectivity index (χ1v) is 7.63. The van der Waals surface area contributed by atoms with E-state index in [1.54, 1.807) is 6.07 Å². The molecule has 5 heteroatoms. The van der Waals surface area contributed by atoms with Gasteiger partial charge in [-0.3, -0.25) is 4.79 Å². The van der Waals surface area contributed by atoms with E-state index in [1.165, 1.54) is 0 Å². The maximum absolute atomic E-state index is 12.0. The van der Waals surface area contributed by atoms with Crippen molar-refractivity contribution < 1.29 is 9.21 Å². The highest BCUT2D eigenvalue weighted by Crippen LogP contribution is 2.23. The Labute approximate surface area is 127 Å². The number of nitrogens with zero attached hydrogens (tertiary/aromatic N) is 1. The van der Waals surface area contributed by atoms with Gasteiger partial charge in [-0.05, 0) is 37.4 Å². The first kappa shape index (κ1) is 15.1. The molecular formula is C15H19BrN2O2. The molecule has 0 aliphatic heterocycles. The van der Waals surface area contributed by atoms with Crippen molar-refractivity contribution >= 4 is 32.8 Å². The minimum Gasteiger partial charge on any atom is -0.451 e. The Kier molecular flexibility index (Phi) is 5.20. The van der Waals surface area contributed by atoms with Crippen LogP contribution in [0.4, 0.5) is 0 Å². The molecule has 2 aromatic rings. The Morgan fingerprint density at radius 1 is 1.30 bits per heavy atom. The standard InChI is InChI=1S/C15H19BrN2O2/c1-3-18(4-2)8-7-17-15(19)14-9-11-5-6-12(16)10-13(11)20-14/h5-6,9-10H,3-4,7-8H2,1-2H3,(H,17,19). The number of hydrogen-bond acceptors (Lipinski definition) is 3. The number of amides is 1. The van der Waals surface area contributed by atoms with Gasteiger partial charge in [0, 0.05) is 22.9 Å². The van der Waals surface area contributed by atoms with Crippen molar-refractivity contribution in [1.82, 2.24) is 10.2 Å². The Morgan fingerprint density at radius 2 is 2.05 bits per heavy atom. The van der Waals surface area contributed by atoms with Crippen molar-refractivity contribution in [2.45, 2.75) is 13.8 Å². The number of hydrogen-bond donors (Lipinski definition) is 1. The maximum Gasteiger partial charge on any atom is 0.287 e. The lowest BCUT2D eigenvalue weighted by molar-refractivity contribution is 0.0923. The summed E-state index contributed by atoms with van der Waals surface area (Å²) in [6.07, 6.45) is 0. The molecule has 0 saturated carbocycles. The summed E-state index contributed by atoms with van der Waals surface area (Å²) in [7, 11) is 0. The van der Waals surface area contributed by atoms with E-state index in [4.69, 9.17) is 4.42 Å². The van der Waals surface area contributed by atoms with Crippen LogP contribution < -0.4 is 5.32 Å². The van der Waals surface area contributed by atoms with Crippen molar-refractivity contribution in [3.8, 4) is 0 Å². The van der Waals surface area contributed by atoms with Gasteiger partial charge in [0.2, 0.25) is 0 Å². The number of rotatable bonds is 6. The van der Waals surface area contributed by atoms with Gasteiger partial charge in [0.25, 0.3) is 5.91 Å². The molecule has 0 aliphatic carbocycles. The minimum absolute atomic E-state index is 0.163. The maximum atomic E-state index is 12.0. The largest absolute Gasteiger partial charge is 0.451 e. The third-order valence-electron chi connectivity index (χ3n) is 3.31. The smallest absolute Gasteiger partial charge is 0.287 e. The molecule has 1 N–H and O–H groups in total. The van der Waals surface area contributed by atoms with E-state index in [0.717, 1.165) is 29.5 Å². The molecule has 2 rings (SSSR count). The van der Waals surface area contributed by atoms with E-state index in [1.807, 2.05) is 18.2 Å². The number of carbonyl (C=O) groups is 1. The third-order valence-corrected chi connectivity index (χ3v) is 3.81. The summed E-state index contributed by atoms with van der Waals surface area (Å²) < 4.78 is 6.50. The highest BCUT2D eigenvalue weighted by atomic mass is 79.9. The molecule has 0 fully saturated rings. The summed E-state index contributed by atoms with van der Waals surface area (Å²) in [5.41, 5.74) is 0.716. The van der Waals surface area contributed by atoms with Gasteiger partial charge in [0.1, 0.15) is 5.58 Å². The van der Waals surface area contributed by atoms with Crippen LogP contribution in [-0.4, -0.2) is 37.0 Å². The van der Waals surface area contributed by atoms with Crippen LogP contribution in [0.3, 0.4) is 0 Å². The van der Waals surface area contributed by atoms with Crippen molar-refractivity contribution in [3.63, 3.8) is 0 Å². The zero-order chi connectivity index (χ0) is 14.5. The van der Waals surface area contributed by atoms with Crippen LogP contribution in [0, 0.1) is 0 Å². The van der Waals surface area contributed by atoms with E-state index < -0.39 is 0 Å². The number of halogens is 1. The molecule has 1 aromatic heterocycles. The molecule has 4 nitrogen and oxygen atoms in total. The zero-order valence-corrected chi connectivity index (χ0v) is 13.4. The molecule has 108 valence electrons. The van der Waals surface area contributed by atoms with Crippen LogP contribution in [0.25, 0.3) is 11.0 Å². The second kappa shape index (κ2) is 6.90. The SMILES string of the molecule is CCN(CC)CCNC(=O)c1cc2ccc(Br)cc2o1. The molecule has 0 unspecified atom stereocenters. The van der Waals surface area contributed by atoms with Gasteiger partial charge in [-0.15, -0.1) is 0 Å². The van der Waals surface area contributed by atoms with E-state index >= 15 is 0 Å². The predicted octanol–water partition coefficient (Wildman–Crippen LogP) is 3.27. The molecular weight excluding hydrogens is 320 g/mol. The number of fused-ring (bicyclic) bond motifs is 1. The van der Waals surface area contributed by atoms with Crippen molar-refractivity contribution in [2.75, 3.05) is 26.2 Å². The zero-order valence-electron chi connectivity index (χ0n) is 11.8. The third kappa shape index (κ3) is 3.61. The van der Waals surface area contributed by atoms with Gasteiger partial charge in [-0.1, -0.05) is 29.8 Å². The number of likely N-dealkylation sites (N-methyl/N-ethyl adjacent to an activating group) is 1. The van der Waals surface area contributed by atoms with Gasteiger partial charge in [0.05, 0.1) is 0 Å². The topological polar surface area (TPSA) is 45.5 Å². The second-order valence-electron chi connectivity index (χ2n) is 4.58. The van der Waals surface area contributed by atoms with Gasteiger partial charge < -0.3 is 14.6 Å². The molecule has 1 amide bonds. The van der Waals surface area contributed by atoms with Crippen molar-refractivity contribution in [2.24, 2.45) is 0 Å². The Balaban J connectivity index is 1.97. The van der Waals surface area contributed by atoms with Crippen LogP contribution in [0.15, 0.2) is 33.2 Å².